The molecule has 1 aliphatic heterocycles. The summed E-state index contributed by atoms with van der Waals surface area (Å²) in [5.74, 6) is -8.33. The number of rotatable bonds is 4. The molecule has 0 amide bonds. The van der Waals surface area contributed by atoms with E-state index in [9.17, 15) is 22.4 Å². The Morgan fingerprint density at radius 3 is 2.11 bits per heavy atom. The van der Waals surface area contributed by atoms with Crippen LogP contribution in [-0.2, 0) is 11.2 Å². The van der Waals surface area contributed by atoms with Crippen LogP contribution in [-0.4, -0.2) is 36.9 Å². The van der Waals surface area contributed by atoms with Crippen molar-refractivity contribution in [3.05, 3.63) is 64.7 Å². The molecule has 0 unspecified atom stereocenters. The maximum absolute atomic E-state index is 14.5. The molecule has 2 aromatic carbocycles. The fourth-order valence-corrected chi connectivity index (χ4v) is 3.10. The van der Waals surface area contributed by atoms with E-state index < -0.39 is 40.5 Å². The van der Waals surface area contributed by atoms with E-state index in [0.29, 0.717) is 18.9 Å². The highest BCUT2D eigenvalue weighted by Crippen LogP contribution is 2.31. The van der Waals surface area contributed by atoms with Crippen LogP contribution in [0.1, 0.15) is 28.8 Å². The Labute approximate surface area is 159 Å². The Kier molecular flexibility index (Phi) is 5.96. The summed E-state index contributed by atoms with van der Waals surface area (Å²) in [6, 6.07) is 9.08. The Bertz CT molecular complexity index is 881. The van der Waals surface area contributed by atoms with E-state index in [1.807, 2.05) is 35.2 Å². The molecular formula is C20H18F4N2O2. The molecule has 0 radical (unpaired) electrons. The van der Waals surface area contributed by atoms with Crippen molar-refractivity contribution in [2.45, 2.75) is 19.3 Å². The van der Waals surface area contributed by atoms with Gasteiger partial charge in [-0.05, 0) is 18.4 Å². The molecule has 1 saturated heterocycles. The van der Waals surface area contributed by atoms with Crippen LogP contribution in [0, 0.1) is 23.3 Å². The highest BCUT2D eigenvalue weighted by molar-refractivity contribution is 5.91. The molecule has 2 aromatic rings. The molecule has 1 fully saturated rings. The summed E-state index contributed by atoms with van der Waals surface area (Å²) in [6.45, 7) is 1.25. The largest absolute Gasteiger partial charge is 0.465 e. The van der Waals surface area contributed by atoms with Gasteiger partial charge in [-0.15, -0.1) is 0 Å². The molecule has 0 atom stereocenters. The van der Waals surface area contributed by atoms with Crippen molar-refractivity contribution in [2.24, 2.45) is 4.99 Å². The van der Waals surface area contributed by atoms with Gasteiger partial charge < -0.3 is 9.64 Å². The first-order chi connectivity index (χ1) is 13.4. The Morgan fingerprint density at radius 1 is 1.00 bits per heavy atom. The topological polar surface area (TPSA) is 41.9 Å². The summed E-state index contributed by atoms with van der Waals surface area (Å²) < 4.78 is 61.6. The zero-order valence-corrected chi connectivity index (χ0v) is 15.1. The third kappa shape index (κ3) is 3.85. The number of hydrogen-bond acceptors (Lipinski definition) is 3. The van der Waals surface area contributed by atoms with E-state index in [-0.39, 0.29) is 6.42 Å². The number of carbonyl (C=O) groups is 1. The molecule has 1 aliphatic rings. The molecule has 0 bridgehead atoms. The van der Waals surface area contributed by atoms with E-state index in [1.165, 1.54) is 0 Å². The lowest BCUT2D eigenvalue weighted by atomic mass is 10.1. The molecule has 0 aliphatic carbocycles. The van der Waals surface area contributed by atoms with Crippen LogP contribution in [0.2, 0.25) is 0 Å². The zero-order chi connectivity index (χ0) is 20.3. The van der Waals surface area contributed by atoms with Crippen LogP contribution in [0.5, 0.6) is 0 Å². The van der Waals surface area contributed by atoms with Gasteiger partial charge in [0, 0.05) is 19.5 Å². The molecule has 0 N–H and O–H groups in total. The SMILES string of the molecule is COC(=O)c1c(F)c(F)c(N=C(Cc2ccccc2)N2CCCC2)c(F)c1F. The van der Waals surface area contributed by atoms with Crippen LogP contribution < -0.4 is 0 Å². The first kappa shape index (κ1) is 19.9. The van der Waals surface area contributed by atoms with Gasteiger partial charge in [0.25, 0.3) is 0 Å². The van der Waals surface area contributed by atoms with Gasteiger partial charge in [0.1, 0.15) is 17.1 Å². The van der Waals surface area contributed by atoms with E-state index in [1.54, 1.807) is 0 Å². The van der Waals surface area contributed by atoms with Crippen molar-refractivity contribution in [3.8, 4) is 0 Å². The van der Waals surface area contributed by atoms with Crippen molar-refractivity contribution in [1.82, 2.24) is 4.90 Å². The summed E-state index contributed by atoms with van der Waals surface area (Å²) in [5, 5.41) is 0. The van der Waals surface area contributed by atoms with E-state index in [4.69, 9.17) is 0 Å². The summed E-state index contributed by atoms with van der Waals surface area (Å²) >= 11 is 0. The molecule has 3 rings (SSSR count). The number of benzene rings is 2. The van der Waals surface area contributed by atoms with Gasteiger partial charge in [0.2, 0.25) is 0 Å². The number of carbonyl (C=O) groups excluding carboxylic acids is 1. The van der Waals surface area contributed by atoms with Crippen LogP contribution in [0.25, 0.3) is 0 Å². The number of nitrogens with zero attached hydrogens (tertiary/aromatic N) is 2. The lowest BCUT2D eigenvalue weighted by Gasteiger charge is -2.21. The predicted octanol–water partition coefficient (Wildman–Crippen LogP) is 4.40. The summed E-state index contributed by atoms with van der Waals surface area (Å²) in [7, 11) is 0.856. The maximum atomic E-state index is 14.5. The third-order valence-electron chi connectivity index (χ3n) is 4.55. The first-order valence-corrected chi connectivity index (χ1v) is 8.74. The van der Waals surface area contributed by atoms with Gasteiger partial charge >= 0.3 is 5.97 Å². The minimum absolute atomic E-state index is 0.238. The second-order valence-electron chi connectivity index (χ2n) is 6.36. The number of halogens is 4. The highest BCUT2D eigenvalue weighted by atomic mass is 19.2. The van der Waals surface area contributed by atoms with E-state index in [2.05, 4.69) is 9.73 Å². The van der Waals surface area contributed by atoms with Gasteiger partial charge in [-0.2, -0.15) is 0 Å². The van der Waals surface area contributed by atoms with Crippen LogP contribution in [0.4, 0.5) is 23.2 Å². The molecule has 8 heteroatoms. The van der Waals surface area contributed by atoms with Gasteiger partial charge in [0.15, 0.2) is 23.3 Å². The van der Waals surface area contributed by atoms with Gasteiger partial charge in [-0.3, -0.25) is 0 Å². The van der Waals surface area contributed by atoms with Gasteiger partial charge in [-0.1, -0.05) is 30.3 Å². The number of esters is 1. The Balaban J connectivity index is 2.10. The first-order valence-electron chi connectivity index (χ1n) is 8.74. The van der Waals surface area contributed by atoms with Crippen molar-refractivity contribution in [1.29, 1.82) is 0 Å². The molecule has 4 nitrogen and oxygen atoms in total. The number of aliphatic imine (C=N–C) groups is 1. The molecule has 28 heavy (non-hydrogen) atoms. The smallest absolute Gasteiger partial charge is 0.344 e. The third-order valence-corrected chi connectivity index (χ3v) is 4.55. The average molecular weight is 394 g/mol. The minimum Gasteiger partial charge on any atom is -0.465 e. The van der Waals surface area contributed by atoms with Crippen molar-refractivity contribution >= 4 is 17.5 Å². The fourth-order valence-electron chi connectivity index (χ4n) is 3.10. The second kappa shape index (κ2) is 8.41. The average Bonchev–Trinajstić information content (AvgIpc) is 3.24. The predicted molar refractivity (Wildman–Crippen MR) is 95.7 cm³/mol. The minimum atomic E-state index is -1.83. The summed E-state index contributed by atoms with van der Waals surface area (Å²) in [5.41, 5.74) is -1.68. The van der Waals surface area contributed by atoms with Crippen LogP contribution in [0.15, 0.2) is 35.3 Å². The van der Waals surface area contributed by atoms with Gasteiger partial charge in [0.05, 0.1) is 7.11 Å². The van der Waals surface area contributed by atoms with E-state index in [0.717, 1.165) is 25.5 Å². The summed E-state index contributed by atoms with van der Waals surface area (Å²) in [6.07, 6.45) is 1.99. The monoisotopic (exact) mass is 394 g/mol. The Morgan fingerprint density at radius 2 is 1.57 bits per heavy atom. The lowest BCUT2D eigenvalue weighted by molar-refractivity contribution is 0.0587. The van der Waals surface area contributed by atoms with Crippen molar-refractivity contribution in [2.75, 3.05) is 20.2 Å². The molecule has 148 valence electrons. The normalized spacial score (nSPS) is 14.5. The number of hydrogen-bond donors (Lipinski definition) is 0. The fraction of sp³-hybridized carbons (Fsp3) is 0.300. The molecule has 0 spiro atoms. The molecule has 0 saturated carbocycles. The maximum Gasteiger partial charge on any atom is 0.344 e. The quantitative estimate of drug-likeness (QED) is 0.254. The van der Waals surface area contributed by atoms with Crippen LogP contribution >= 0.6 is 0 Å². The highest BCUT2D eigenvalue weighted by Gasteiger charge is 2.30. The number of amidine groups is 1. The Hall–Kier alpha value is -2.90. The lowest BCUT2D eigenvalue weighted by Crippen LogP contribution is -2.29. The molecule has 0 aromatic heterocycles. The standard InChI is InChI=1S/C20H18F4N2O2/c1-28-20(27)14-15(21)17(23)19(18(24)16(14)22)25-13(26-9-5-6-10-26)11-12-7-3-2-4-8-12/h2-4,7-8H,5-6,9-11H2,1H3. The van der Waals surface area contributed by atoms with Crippen molar-refractivity contribution < 1.29 is 27.1 Å². The van der Waals surface area contributed by atoms with Crippen molar-refractivity contribution in [3.63, 3.8) is 0 Å². The van der Waals surface area contributed by atoms with E-state index >= 15 is 0 Å². The molecule has 1 heterocycles. The number of methoxy groups -OCH3 is 1. The van der Waals surface area contributed by atoms with Gasteiger partial charge in [-0.25, -0.2) is 27.3 Å². The number of likely N-dealkylation sites (tertiary alicyclic amines) is 1. The number of ether oxygens (including phenoxy) is 1. The molecular weight excluding hydrogens is 376 g/mol. The summed E-state index contributed by atoms with van der Waals surface area (Å²) in [4.78, 5) is 17.2. The van der Waals surface area contributed by atoms with Crippen LogP contribution in [0.3, 0.4) is 0 Å². The zero-order valence-electron chi connectivity index (χ0n) is 15.1. The second-order valence-corrected chi connectivity index (χ2v) is 6.36.